The average Bonchev–Trinajstić information content (AvgIpc) is 2.40. The maximum Gasteiger partial charge on any atom is 0.223 e. The van der Waals surface area contributed by atoms with Crippen LogP contribution < -0.4 is 5.73 Å². The van der Waals surface area contributed by atoms with Gasteiger partial charge in [0.25, 0.3) is 0 Å². The summed E-state index contributed by atoms with van der Waals surface area (Å²) in [6.07, 6.45) is 3.66. The Balaban J connectivity index is 1.92. The van der Waals surface area contributed by atoms with Crippen LogP contribution in [0.5, 0.6) is 0 Å². The molecule has 1 aliphatic rings. The summed E-state index contributed by atoms with van der Waals surface area (Å²) in [4.78, 5) is 14.4. The Bertz CT molecular complexity index is 444. The van der Waals surface area contributed by atoms with Crippen molar-refractivity contribution in [2.24, 2.45) is 5.92 Å². The van der Waals surface area contributed by atoms with Crippen LogP contribution in [0.15, 0.2) is 24.3 Å². The predicted molar refractivity (Wildman–Crippen MR) is 78.7 cm³/mol. The van der Waals surface area contributed by atoms with E-state index in [0.29, 0.717) is 18.4 Å². The highest BCUT2D eigenvalue weighted by Gasteiger charge is 2.27. The van der Waals surface area contributed by atoms with Crippen LogP contribution in [0.3, 0.4) is 0 Å². The lowest BCUT2D eigenvalue weighted by atomic mass is 9.91. The van der Waals surface area contributed by atoms with Crippen LogP contribution in [0.4, 0.5) is 5.69 Å². The predicted octanol–water partition coefficient (Wildman–Crippen LogP) is 2.85. The monoisotopic (exact) mass is 260 g/mol. The molecule has 1 saturated heterocycles. The normalized spacial score (nSPS) is 23.4. The largest absolute Gasteiger partial charge is 0.399 e. The van der Waals surface area contributed by atoms with Crippen molar-refractivity contribution in [2.45, 2.75) is 45.6 Å². The van der Waals surface area contributed by atoms with Crippen molar-refractivity contribution in [3.05, 3.63) is 29.8 Å². The molecular formula is C16H24N2O. The summed E-state index contributed by atoms with van der Waals surface area (Å²) in [5.74, 6) is 0.877. The van der Waals surface area contributed by atoms with Gasteiger partial charge in [0.1, 0.15) is 0 Å². The SMILES string of the molecule is CC1CCCN(C(=O)CCc2ccccc2N)C1C. The van der Waals surface area contributed by atoms with Crippen molar-refractivity contribution in [2.75, 3.05) is 12.3 Å². The van der Waals surface area contributed by atoms with Gasteiger partial charge < -0.3 is 10.6 Å². The summed E-state index contributed by atoms with van der Waals surface area (Å²) in [6, 6.07) is 8.17. The standard InChI is InChI=1S/C16H24N2O/c1-12-6-5-11-18(13(12)2)16(19)10-9-14-7-3-4-8-15(14)17/h3-4,7-8,12-13H,5-6,9-11,17H2,1-2H3. The lowest BCUT2D eigenvalue weighted by molar-refractivity contribution is -0.135. The Hall–Kier alpha value is -1.51. The second-order valence-corrected chi connectivity index (χ2v) is 5.65. The highest BCUT2D eigenvalue weighted by atomic mass is 16.2. The number of rotatable bonds is 3. The molecule has 2 unspecified atom stereocenters. The third-order valence-electron chi connectivity index (χ3n) is 4.36. The molecule has 19 heavy (non-hydrogen) atoms. The summed E-state index contributed by atoms with van der Waals surface area (Å²) >= 11 is 0. The first-order chi connectivity index (χ1) is 9.09. The number of hydrogen-bond donors (Lipinski definition) is 1. The number of carbonyl (C=O) groups is 1. The van der Waals surface area contributed by atoms with E-state index in [4.69, 9.17) is 5.73 Å². The molecule has 2 atom stereocenters. The maximum absolute atomic E-state index is 12.3. The molecule has 104 valence electrons. The Kier molecular flexibility index (Phi) is 4.46. The quantitative estimate of drug-likeness (QED) is 0.849. The van der Waals surface area contributed by atoms with E-state index in [1.165, 1.54) is 6.42 Å². The second kappa shape index (κ2) is 6.09. The van der Waals surface area contributed by atoms with Crippen molar-refractivity contribution in [3.8, 4) is 0 Å². The summed E-state index contributed by atoms with van der Waals surface area (Å²) in [7, 11) is 0. The first-order valence-electron chi connectivity index (χ1n) is 7.22. The highest BCUT2D eigenvalue weighted by molar-refractivity contribution is 5.77. The van der Waals surface area contributed by atoms with Gasteiger partial charge in [0.05, 0.1) is 0 Å². The molecular weight excluding hydrogens is 236 g/mol. The van der Waals surface area contributed by atoms with Crippen molar-refractivity contribution < 1.29 is 4.79 Å². The van der Waals surface area contributed by atoms with E-state index in [2.05, 4.69) is 13.8 Å². The molecule has 2 N–H and O–H groups in total. The van der Waals surface area contributed by atoms with Gasteiger partial charge >= 0.3 is 0 Å². The van der Waals surface area contributed by atoms with Gasteiger partial charge in [-0.1, -0.05) is 25.1 Å². The number of nitrogen functional groups attached to an aromatic ring is 1. The summed E-state index contributed by atoms with van der Waals surface area (Å²) in [5.41, 5.74) is 7.77. The number of nitrogens with two attached hydrogens (primary N) is 1. The van der Waals surface area contributed by atoms with Crippen LogP contribution in [0.2, 0.25) is 0 Å². The minimum Gasteiger partial charge on any atom is -0.399 e. The number of carbonyl (C=O) groups excluding carboxylic acids is 1. The zero-order valence-electron chi connectivity index (χ0n) is 11.9. The van der Waals surface area contributed by atoms with E-state index in [1.54, 1.807) is 0 Å². The first kappa shape index (κ1) is 13.9. The number of likely N-dealkylation sites (tertiary alicyclic amines) is 1. The molecule has 0 radical (unpaired) electrons. The lowest BCUT2D eigenvalue weighted by Gasteiger charge is -2.38. The Labute approximate surface area is 115 Å². The summed E-state index contributed by atoms with van der Waals surface area (Å²) in [5, 5.41) is 0. The number of piperidine rings is 1. The van der Waals surface area contributed by atoms with Gasteiger partial charge in [-0.2, -0.15) is 0 Å². The fraction of sp³-hybridized carbons (Fsp3) is 0.562. The fourth-order valence-corrected chi connectivity index (χ4v) is 2.83. The van der Waals surface area contributed by atoms with Crippen molar-refractivity contribution in [1.29, 1.82) is 0 Å². The van der Waals surface area contributed by atoms with Gasteiger partial charge in [0.15, 0.2) is 0 Å². The minimum absolute atomic E-state index is 0.266. The molecule has 1 aromatic carbocycles. The van der Waals surface area contributed by atoms with Crippen LogP contribution >= 0.6 is 0 Å². The highest BCUT2D eigenvalue weighted by Crippen LogP contribution is 2.24. The van der Waals surface area contributed by atoms with E-state index in [-0.39, 0.29) is 5.91 Å². The number of nitrogens with zero attached hydrogens (tertiary/aromatic N) is 1. The summed E-state index contributed by atoms with van der Waals surface area (Å²) in [6.45, 7) is 5.31. The molecule has 3 heteroatoms. The van der Waals surface area contributed by atoms with Gasteiger partial charge in [-0.05, 0) is 43.7 Å². The molecule has 1 heterocycles. The molecule has 1 aliphatic heterocycles. The van der Waals surface area contributed by atoms with Crippen LogP contribution in [-0.4, -0.2) is 23.4 Å². The average molecular weight is 260 g/mol. The topological polar surface area (TPSA) is 46.3 Å². The van der Waals surface area contributed by atoms with Crippen LogP contribution in [0.25, 0.3) is 0 Å². The number of para-hydroxylation sites is 1. The van der Waals surface area contributed by atoms with Crippen molar-refractivity contribution >= 4 is 11.6 Å². The zero-order valence-corrected chi connectivity index (χ0v) is 11.9. The zero-order chi connectivity index (χ0) is 13.8. The van der Waals surface area contributed by atoms with E-state index in [0.717, 1.165) is 30.6 Å². The number of anilines is 1. The lowest BCUT2D eigenvalue weighted by Crippen LogP contribution is -2.46. The Morgan fingerprint density at radius 2 is 2.11 bits per heavy atom. The van der Waals surface area contributed by atoms with Crippen molar-refractivity contribution in [1.82, 2.24) is 4.90 Å². The first-order valence-corrected chi connectivity index (χ1v) is 7.22. The summed E-state index contributed by atoms with van der Waals surface area (Å²) < 4.78 is 0. The molecule has 1 amide bonds. The minimum atomic E-state index is 0.266. The third-order valence-corrected chi connectivity index (χ3v) is 4.36. The Morgan fingerprint density at radius 3 is 2.84 bits per heavy atom. The number of aryl methyl sites for hydroxylation is 1. The molecule has 0 spiro atoms. The van der Waals surface area contributed by atoms with Crippen LogP contribution in [-0.2, 0) is 11.2 Å². The molecule has 1 fully saturated rings. The second-order valence-electron chi connectivity index (χ2n) is 5.65. The van der Waals surface area contributed by atoms with E-state index in [1.807, 2.05) is 29.2 Å². The third kappa shape index (κ3) is 3.28. The van der Waals surface area contributed by atoms with E-state index >= 15 is 0 Å². The molecule has 0 bridgehead atoms. The van der Waals surface area contributed by atoms with E-state index < -0.39 is 0 Å². The molecule has 0 saturated carbocycles. The van der Waals surface area contributed by atoms with Gasteiger partial charge in [0.2, 0.25) is 5.91 Å². The van der Waals surface area contributed by atoms with Gasteiger partial charge in [-0.25, -0.2) is 0 Å². The fourth-order valence-electron chi connectivity index (χ4n) is 2.83. The Morgan fingerprint density at radius 1 is 1.37 bits per heavy atom. The van der Waals surface area contributed by atoms with E-state index in [9.17, 15) is 4.79 Å². The molecule has 3 nitrogen and oxygen atoms in total. The maximum atomic E-state index is 12.3. The van der Waals surface area contributed by atoms with Crippen LogP contribution in [0.1, 0.15) is 38.7 Å². The molecule has 2 rings (SSSR count). The van der Waals surface area contributed by atoms with Crippen molar-refractivity contribution in [3.63, 3.8) is 0 Å². The molecule has 0 aliphatic carbocycles. The van der Waals surface area contributed by atoms with Gasteiger partial charge in [-0.3, -0.25) is 4.79 Å². The number of amides is 1. The number of benzene rings is 1. The van der Waals surface area contributed by atoms with Gasteiger partial charge in [0, 0.05) is 24.7 Å². The van der Waals surface area contributed by atoms with Crippen LogP contribution in [0, 0.1) is 5.92 Å². The molecule has 1 aromatic rings. The smallest absolute Gasteiger partial charge is 0.223 e. The van der Waals surface area contributed by atoms with Gasteiger partial charge in [-0.15, -0.1) is 0 Å². The number of hydrogen-bond acceptors (Lipinski definition) is 2. The molecule has 0 aromatic heterocycles.